The van der Waals surface area contributed by atoms with Gasteiger partial charge in [0.1, 0.15) is 6.29 Å². The lowest BCUT2D eigenvalue weighted by atomic mass is 9.96. The van der Waals surface area contributed by atoms with Gasteiger partial charge < -0.3 is 20.7 Å². The van der Waals surface area contributed by atoms with Gasteiger partial charge >= 0.3 is 0 Å². The zero-order chi connectivity index (χ0) is 20.4. The van der Waals surface area contributed by atoms with Crippen LogP contribution in [0.25, 0.3) is 0 Å². The Kier molecular flexibility index (Phi) is 5.93. The lowest BCUT2D eigenvalue weighted by molar-refractivity contribution is -0.129. The van der Waals surface area contributed by atoms with Crippen LogP contribution in [0.3, 0.4) is 0 Å². The van der Waals surface area contributed by atoms with Gasteiger partial charge in [0.05, 0.1) is 13.2 Å². The van der Waals surface area contributed by atoms with Crippen molar-refractivity contribution in [2.24, 2.45) is 11.7 Å². The summed E-state index contributed by atoms with van der Waals surface area (Å²) in [7, 11) is 0. The van der Waals surface area contributed by atoms with E-state index in [-0.39, 0.29) is 30.1 Å². The first-order chi connectivity index (χ1) is 14.0. The lowest BCUT2D eigenvalue weighted by Crippen LogP contribution is -2.62. The molecule has 3 aliphatic rings. The molecule has 0 saturated carbocycles. The summed E-state index contributed by atoms with van der Waals surface area (Å²) in [6, 6.07) is -0.152. The van der Waals surface area contributed by atoms with E-state index in [1.54, 1.807) is 0 Å². The Hall–Kier alpha value is -2.30. The van der Waals surface area contributed by atoms with Crippen LogP contribution in [0.4, 0.5) is 5.95 Å². The predicted octanol–water partition coefficient (Wildman–Crippen LogP) is -0.747. The number of nitrogens with two attached hydrogens (primary N) is 1. The number of rotatable bonds is 4. The first-order valence-corrected chi connectivity index (χ1v) is 10.3. The molecule has 10 nitrogen and oxygen atoms in total. The third-order valence-electron chi connectivity index (χ3n) is 6.02. The number of piperidine rings is 1. The fourth-order valence-corrected chi connectivity index (χ4v) is 4.25. The quantitative estimate of drug-likeness (QED) is 0.600. The molecule has 158 valence electrons. The Morgan fingerprint density at radius 2 is 1.97 bits per heavy atom. The van der Waals surface area contributed by atoms with Gasteiger partial charge in [-0.25, -0.2) is 9.97 Å². The number of ether oxygens (including phenoxy) is 1. The fraction of sp³-hybridized carbons (Fsp3) is 0.684. The SMILES string of the molecule is Cc1nc(N2CCOCC2)ncc1C1CC(=O)NC(N2CCC(C(N)=O)CC2)N1. The lowest BCUT2D eigenvalue weighted by Gasteiger charge is -2.41. The zero-order valence-corrected chi connectivity index (χ0v) is 16.8. The Morgan fingerprint density at radius 3 is 2.62 bits per heavy atom. The molecule has 3 saturated heterocycles. The topological polar surface area (TPSA) is 126 Å². The number of nitrogens with one attached hydrogen (secondary N) is 2. The highest BCUT2D eigenvalue weighted by molar-refractivity contribution is 5.78. The van der Waals surface area contributed by atoms with Crippen LogP contribution >= 0.6 is 0 Å². The number of likely N-dealkylation sites (tertiary alicyclic amines) is 1. The molecular weight excluding hydrogens is 374 g/mol. The number of amides is 2. The van der Waals surface area contributed by atoms with Gasteiger partial charge in [-0.2, -0.15) is 0 Å². The van der Waals surface area contributed by atoms with Gasteiger partial charge in [0.25, 0.3) is 0 Å². The van der Waals surface area contributed by atoms with Crippen molar-refractivity contribution >= 4 is 17.8 Å². The van der Waals surface area contributed by atoms with Gasteiger partial charge in [-0.15, -0.1) is 0 Å². The van der Waals surface area contributed by atoms with Crippen LogP contribution < -0.4 is 21.3 Å². The van der Waals surface area contributed by atoms with Crippen LogP contribution in [0.15, 0.2) is 6.20 Å². The highest BCUT2D eigenvalue weighted by Gasteiger charge is 2.34. The van der Waals surface area contributed by atoms with Gasteiger partial charge in [-0.3, -0.25) is 19.8 Å². The summed E-state index contributed by atoms with van der Waals surface area (Å²) in [5, 5.41) is 6.53. The van der Waals surface area contributed by atoms with Crippen molar-refractivity contribution in [1.82, 2.24) is 25.5 Å². The number of primary amides is 1. The molecule has 0 aliphatic carbocycles. The molecule has 0 bridgehead atoms. The van der Waals surface area contributed by atoms with E-state index in [9.17, 15) is 9.59 Å². The van der Waals surface area contributed by atoms with Crippen LogP contribution in [0.1, 0.15) is 36.6 Å². The molecule has 4 N–H and O–H groups in total. The Morgan fingerprint density at radius 1 is 1.24 bits per heavy atom. The van der Waals surface area contributed by atoms with Crippen molar-refractivity contribution in [2.45, 2.75) is 38.5 Å². The molecule has 0 aromatic carbocycles. The molecule has 2 amide bonds. The highest BCUT2D eigenvalue weighted by atomic mass is 16.5. The maximum absolute atomic E-state index is 12.4. The number of nitrogens with zero attached hydrogens (tertiary/aromatic N) is 4. The Labute approximate surface area is 170 Å². The monoisotopic (exact) mass is 403 g/mol. The minimum Gasteiger partial charge on any atom is -0.378 e. The van der Waals surface area contributed by atoms with Gasteiger partial charge in [0, 0.05) is 62.0 Å². The summed E-state index contributed by atoms with van der Waals surface area (Å²) in [4.78, 5) is 37.3. The molecule has 0 radical (unpaired) electrons. The molecule has 1 aromatic rings. The van der Waals surface area contributed by atoms with E-state index >= 15 is 0 Å². The highest BCUT2D eigenvalue weighted by Crippen LogP contribution is 2.26. The molecular formula is C19H29N7O3. The van der Waals surface area contributed by atoms with Crippen LogP contribution in [-0.4, -0.2) is 72.4 Å². The van der Waals surface area contributed by atoms with Crippen molar-refractivity contribution in [3.8, 4) is 0 Å². The van der Waals surface area contributed by atoms with Gasteiger partial charge in [-0.1, -0.05) is 0 Å². The minimum atomic E-state index is -0.270. The molecule has 1 aromatic heterocycles. The largest absolute Gasteiger partial charge is 0.378 e. The van der Waals surface area contributed by atoms with Gasteiger partial charge in [0.2, 0.25) is 17.8 Å². The first-order valence-electron chi connectivity index (χ1n) is 10.3. The number of hydrogen-bond donors (Lipinski definition) is 3. The van der Waals surface area contributed by atoms with Crippen LogP contribution in [0, 0.1) is 12.8 Å². The average molecular weight is 403 g/mol. The fourth-order valence-electron chi connectivity index (χ4n) is 4.25. The normalized spacial score (nSPS) is 26.9. The van der Waals surface area contributed by atoms with Crippen molar-refractivity contribution in [2.75, 3.05) is 44.3 Å². The van der Waals surface area contributed by atoms with Crippen molar-refractivity contribution in [1.29, 1.82) is 0 Å². The second-order valence-electron chi connectivity index (χ2n) is 7.92. The van der Waals surface area contributed by atoms with Crippen molar-refractivity contribution < 1.29 is 14.3 Å². The van der Waals surface area contributed by atoms with Gasteiger partial charge in [0.15, 0.2) is 0 Å². The van der Waals surface area contributed by atoms with Gasteiger partial charge in [-0.05, 0) is 19.8 Å². The number of carbonyl (C=O) groups excluding carboxylic acids is 2. The molecule has 3 aliphatic heterocycles. The molecule has 2 unspecified atom stereocenters. The van der Waals surface area contributed by atoms with E-state index in [0.29, 0.717) is 51.5 Å². The molecule has 10 heteroatoms. The number of carbonyl (C=O) groups is 2. The molecule has 2 atom stereocenters. The van der Waals surface area contributed by atoms with E-state index in [1.165, 1.54) is 0 Å². The number of aryl methyl sites for hydroxylation is 1. The van der Waals surface area contributed by atoms with E-state index in [2.05, 4.69) is 30.4 Å². The van der Waals surface area contributed by atoms with E-state index < -0.39 is 0 Å². The summed E-state index contributed by atoms with van der Waals surface area (Å²) >= 11 is 0. The third-order valence-corrected chi connectivity index (χ3v) is 6.02. The van der Waals surface area contributed by atoms with Crippen molar-refractivity contribution in [3.63, 3.8) is 0 Å². The van der Waals surface area contributed by atoms with Crippen molar-refractivity contribution in [3.05, 3.63) is 17.5 Å². The number of morpholine rings is 1. The molecule has 0 spiro atoms. The summed E-state index contributed by atoms with van der Waals surface area (Å²) < 4.78 is 5.39. The second-order valence-corrected chi connectivity index (χ2v) is 7.92. The maximum Gasteiger partial charge on any atom is 0.225 e. The summed E-state index contributed by atoms with van der Waals surface area (Å²) in [5.74, 6) is 0.383. The average Bonchev–Trinajstić information content (AvgIpc) is 2.74. The summed E-state index contributed by atoms with van der Waals surface area (Å²) in [5.41, 5.74) is 7.24. The first kappa shape index (κ1) is 20.0. The Balaban J connectivity index is 1.44. The number of anilines is 1. The number of hydrogen-bond acceptors (Lipinski definition) is 8. The minimum absolute atomic E-state index is 0.00701. The maximum atomic E-state index is 12.4. The van der Waals surface area contributed by atoms with Crippen LogP contribution in [0.5, 0.6) is 0 Å². The van der Waals surface area contributed by atoms with E-state index in [1.807, 2.05) is 13.1 Å². The molecule has 29 heavy (non-hydrogen) atoms. The predicted molar refractivity (Wildman–Crippen MR) is 106 cm³/mol. The molecule has 4 rings (SSSR count). The number of aromatic nitrogens is 2. The second kappa shape index (κ2) is 8.60. The zero-order valence-electron chi connectivity index (χ0n) is 16.8. The smallest absolute Gasteiger partial charge is 0.225 e. The summed E-state index contributed by atoms with van der Waals surface area (Å²) in [6.45, 7) is 6.32. The Bertz CT molecular complexity index is 760. The molecule has 3 fully saturated rings. The molecule has 4 heterocycles. The van der Waals surface area contributed by atoms with E-state index in [4.69, 9.17) is 10.5 Å². The standard InChI is InChI=1S/C19H29N7O3/c1-12-14(11-21-18(22-12)26-6-8-29-9-7-26)15-10-16(27)24-19(23-15)25-4-2-13(3-5-25)17(20)28/h11,13,15,19,23H,2-10H2,1H3,(H2,20,28)(H,24,27). The van der Waals surface area contributed by atoms with Crippen LogP contribution in [0.2, 0.25) is 0 Å². The van der Waals surface area contributed by atoms with Crippen LogP contribution in [-0.2, 0) is 14.3 Å². The summed E-state index contributed by atoms with van der Waals surface area (Å²) in [6.07, 6.45) is 3.33. The third kappa shape index (κ3) is 4.49. The van der Waals surface area contributed by atoms with E-state index in [0.717, 1.165) is 24.3 Å².